The van der Waals surface area contributed by atoms with E-state index in [-0.39, 0.29) is 11.7 Å². The molecule has 0 saturated heterocycles. The van der Waals surface area contributed by atoms with E-state index >= 15 is 0 Å². The maximum Gasteiger partial charge on any atom is 0.234 e. The molecule has 4 aromatic rings. The van der Waals surface area contributed by atoms with Crippen molar-refractivity contribution in [3.8, 4) is 22.9 Å². The highest BCUT2D eigenvalue weighted by Crippen LogP contribution is 2.26. The van der Waals surface area contributed by atoms with Crippen molar-refractivity contribution in [2.24, 2.45) is 0 Å². The lowest BCUT2D eigenvalue weighted by Gasteiger charge is -2.10. The highest BCUT2D eigenvalue weighted by atomic mass is 32.2. The van der Waals surface area contributed by atoms with Gasteiger partial charge in [-0.2, -0.15) is 4.68 Å². The SMILES string of the molecule is CCOc1ccccc1-n1nnnc1SCC(=O)Nc1ccc(Oc2ccccc2)cc1. The topological polar surface area (TPSA) is 91.2 Å². The first-order valence-electron chi connectivity index (χ1n) is 9.99. The molecule has 32 heavy (non-hydrogen) atoms. The van der Waals surface area contributed by atoms with E-state index in [1.165, 1.54) is 11.8 Å². The van der Waals surface area contributed by atoms with Gasteiger partial charge in [-0.25, -0.2) is 0 Å². The minimum absolute atomic E-state index is 0.152. The fourth-order valence-corrected chi connectivity index (χ4v) is 3.57. The van der Waals surface area contributed by atoms with Gasteiger partial charge in [-0.3, -0.25) is 4.79 Å². The third-order valence-electron chi connectivity index (χ3n) is 4.28. The number of nitrogens with zero attached hydrogens (tertiary/aromatic N) is 4. The van der Waals surface area contributed by atoms with Crippen molar-refractivity contribution < 1.29 is 14.3 Å². The van der Waals surface area contributed by atoms with Crippen molar-refractivity contribution in [2.45, 2.75) is 12.1 Å². The normalized spacial score (nSPS) is 10.5. The summed E-state index contributed by atoms with van der Waals surface area (Å²) in [6, 6.07) is 24.2. The van der Waals surface area contributed by atoms with Gasteiger partial charge in [0.05, 0.1) is 12.4 Å². The molecule has 9 heteroatoms. The zero-order chi connectivity index (χ0) is 22.2. The van der Waals surface area contributed by atoms with E-state index in [9.17, 15) is 4.79 Å². The van der Waals surface area contributed by atoms with Crippen molar-refractivity contribution >= 4 is 23.4 Å². The molecule has 1 amide bonds. The molecule has 0 radical (unpaired) electrons. The van der Waals surface area contributed by atoms with Crippen LogP contribution >= 0.6 is 11.8 Å². The minimum Gasteiger partial charge on any atom is -0.492 e. The monoisotopic (exact) mass is 447 g/mol. The average Bonchev–Trinajstić information content (AvgIpc) is 3.29. The van der Waals surface area contributed by atoms with Crippen LogP contribution in [-0.2, 0) is 4.79 Å². The molecule has 1 aromatic heterocycles. The number of rotatable bonds is 9. The molecule has 162 valence electrons. The van der Waals surface area contributed by atoms with Gasteiger partial charge in [0.2, 0.25) is 11.1 Å². The van der Waals surface area contributed by atoms with E-state index in [2.05, 4.69) is 20.8 Å². The minimum atomic E-state index is -0.167. The summed E-state index contributed by atoms with van der Waals surface area (Å²) in [5.41, 5.74) is 1.40. The number of tetrazole rings is 1. The molecule has 0 atom stereocenters. The van der Waals surface area contributed by atoms with Crippen LogP contribution in [0, 0.1) is 0 Å². The first-order valence-corrected chi connectivity index (χ1v) is 11.0. The van der Waals surface area contributed by atoms with Crippen molar-refractivity contribution in [2.75, 3.05) is 17.7 Å². The van der Waals surface area contributed by atoms with Gasteiger partial charge in [-0.1, -0.05) is 42.1 Å². The molecule has 0 unspecified atom stereocenters. The van der Waals surface area contributed by atoms with Crippen LogP contribution in [0.25, 0.3) is 5.69 Å². The summed E-state index contributed by atoms with van der Waals surface area (Å²) in [6.45, 7) is 2.44. The number of hydrogen-bond donors (Lipinski definition) is 1. The Bertz CT molecular complexity index is 1170. The second-order valence-electron chi connectivity index (χ2n) is 6.55. The average molecular weight is 448 g/mol. The van der Waals surface area contributed by atoms with Crippen molar-refractivity contribution in [3.63, 3.8) is 0 Å². The number of benzene rings is 3. The molecule has 0 aliphatic rings. The number of nitrogens with one attached hydrogen (secondary N) is 1. The number of anilines is 1. The lowest BCUT2D eigenvalue weighted by Crippen LogP contribution is -2.14. The second kappa shape index (κ2) is 10.5. The molecule has 0 saturated carbocycles. The highest BCUT2D eigenvalue weighted by Gasteiger charge is 2.15. The van der Waals surface area contributed by atoms with Crippen molar-refractivity contribution in [3.05, 3.63) is 78.9 Å². The highest BCUT2D eigenvalue weighted by molar-refractivity contribution is 7.99. The van der Waals surface area contributed by atoms with E-state index in [1.54, 1.807) is 28.9 Å². The fraction of sp³-hybridized carbons (Fsp3) is 0.130. The Kier molecular flexibility index (Phi) is 6.98. The maximum atomic E-state index is 12.4. The number of hydrogen-bond acceptors (Lipinski definition) is 7. The third kappa shape index (κ3) is 5.44. The van der Waals surface area contributed by atoms with Crippen molar-refractivity contribution in [1.29, 1.82) is 0 Å². The van der Waals surface area contributed by atoms with Gasteiger partial charge < -0.3 is 14.8 Å². The van der Waals surface area contributed by atoms with Gasteiger partial charge in [0.25, 0.3) is 0 Å². The van der Waals surface area contributed by atoms with E-state index in [0.717, 1.165) is 11.4 Å². The molecular formula is C23H21N5O3S. The summed E-state index contributed by atoms with van der Waals surface area (Å²) >= 11 is 1.24. The number of amides is 1. The van der Waals surface area contributed by atoms with Gasteiger partial charge in [0.1, 0.15) is 22.9 Å². The maximum absolute atomic E-state index is 12.4. The van der Waals surface area contributed by atoms with Crippen molar-refractivity contribution in [1.82, 2.24) is 20.2 Å². The summed E-state index contributed by atoms with van der Waals surface area (Å²) in [5, 5.41) is 15.2. The van der Waals surface area contributed by atoms with Crippen LogP contribution in [0.5, 0.6) is 17.2 Å². The Hall–Kier alpha value is -3.85. The van der Waals surface area contributed by atoms with E-state index in [4.69, 9.17) is 9.47 Å². The van der Waals surface area contributed by atoms with Crippen LogP contribution in [0.4, 0.5) is 5.69 Å². The number of ether oxygens (including phenoxy) is 2. The smallest absolute Gasteiger partial charge is 0.234 e. The van der Waals surface area contributed by atoms with E-state index < -0.39 is 0 Å². The lowest BCUT2D eigenvalue weighted by molar-refractivity contribution is -0.113. The predicted molar refractivity (Wildman–Crippen MR) is 123 cm³/mol. The van der Waals surface area contributed by atoms with Crippen LogP contribution in [0.2, 0.25) is 0 Å². The van der Waals surface area contributed by atoms with Gasteiger partial charge >= 0.3 is 0 Å². The van der Waals surface area contributed by atoms with Gasteiger partial charge in [-0.15, -0.1) is 5.10 Å². The van der Waals surface area contributed by atoms with Gasteiger partial charge in [0.15, 0.2) is 0 Å². The third-order valence-corrected chi connectivity index (χ3v) is 5.20. The molecule has 1 N–H and O–H groups in total. The summed E-state index contributed by atoms with van der Waals surface area (Å²) in [4.78, 5) is 12.4. The Morgan fingerprint density at radius 3 is 2.47 bits per heavy atom. The summed E-state index contributed by atoms with van der Waals surface area (Å²) in [7, 11) is 0. The number of aromatic nitrogens is 4. The van der Waals surface area contributed by atoms with E-state index in [0.29, 0.717) is 28.9 Å². The first-order chi connectivity index (χ1) is 15.7. The Labute approximate surface area is 189 Å². The summed E-state index contributed by atoms with van der Waals surface area (Å²) in [6.07, 6.45) is 0. The second-order valence-corrected chi connectivity index (χ2v) is 7.49. The summed E-state index contributed by atoms with van der Waals surface area (Å²) in [5.74, 6) is 2.10. The molecule has 0 bridgehead atoms. The molecule has 4 rings (SSSR count). The standard InChI is InChI=1S/C23H21N5O3S/c1-2-30-21-11-7-6-10-20(21)28-23(25-26-27-28)32-16-22(29)24-17-12-14-19(15-13-17)31-18-8-4-3-5-9-18/h3-15H,2,16H2,1H3,(H,24,29). The van der Waals surface area contributed by atoms with Crippen LogP contribution in [0.1, 0.15) is 6.92 Å². The molecule has 8 nitrogen and oxygen atoms in total. The molecule has 0 aliphatic carbocycles. The van der Waals surface area contributed by atoms with Crippen LogP contribution in [0.3, 0.4) is 0 Å². The van der Waals surface area contributed by atoms with Crippen LogP contribution in [0.15, 0.2) is 84.0 Å². The summed E-state index contributed by atoms with van der Waals surface area (Å²) < 4.78 is 13.0. The quantitative estimate of drug-likeness (QED) is 0.375. The molecule has 0 aliphatic heterocycles. The Morgan fingerprint density at radius 2 is 1.69 bits per heavy atom. The first kappa shape index (κ1) is 21.4. The molecular weight excluding hydrogens is 426 g/mol. The fourth-order valence-electron chi connectivity index (χ4n) is 2.89. The zero-order valence-electron chi connectivity index (χ0n) is 17.3. The number of carbonyl (C=O) groups excluding carboxylic acids is 1. The molecule has 3 aromatic carbocycles. The van der Waals surface area contributed by atoms with Gasteiger partial charge in [0, 0.05) is 5.69 Å². The Morgan fingerprint density at radius 1 is 0.969 bits per heavy atom. The molecule has 0 spiro atoms. The van der Waals surface area contributed by atoms with E-state index in [1.807, 2.05) is 61.5 Å². The molecule has 1 heterocycles. The number of thioether (sulfide) groups is 1. The largest absolute Gasteiger partial charge is 0.492 e. The number of para-hydroxylation sites is 3. The Balaban J connectivity index is 1.35. The van der Waals surface area contributed by atoms with Crippen LogP contribution < -0.4 is 14.8 Å². The number of carbonyl (C=O) groups is 1. The zero-order valence-corrected chi connectivity index (χ0v) is 18.2. The lowest BCUT2D eigenvalue weighted by atomic mass is 10.3. The predicted octanol–water partition coefficient (Wildman–Crippen LogP) is 4.58. The molecule has 0 fully saturated rings. The van der Waals surface area contributed by atoms with Gasteiger partial charge in [-0.05, 0) is 65.9 Å². The van der Waals surface area contributed by atoms with Crippen LogP contribution in [-0.4, -0.2) is 38.5 Å².